The van der Waals surface area contributed by atoms with Crippen LogP contribution in [0, 0.1) is 6.92 Å². The van der Waals surface area contributed by atoms with Crippen LogP contribution in [0.5, 0.6) is 0 Å². The van der Waals surface area contributed by atoms with E-state index in [-0.39, 0.29) is 19.0 Å². The van der Waals surface area contributed by atoms with Crippen molar-refractivity contribution >= 4 is 17.1 Å². The molecule has 29 heavy (non-hydrogen) atoms. The molecule has 3 rings (SSSR count). The van der Waals surface area contributed by atoms with Crippen molar-refractivity contribution in [2.45, 2.75) is 59.7 Å². The highest BCUT2D eigenvalue weighted by Crippen LogP contribution is 2.14. The van der Waals surface area contributed by atoms with E-state index in [0.29, 0.717) is 30.1 Å². The van der Waals surface area contributed by atoms with Crippen LogP contribution in [0.4, 0.5) is 0 Å². The van der Waals surface area contributed by atoms with Gasteiger partial charge in [0.2, 0.25) is 0 Å². The minimum absolute atomic E-state index is 0.0609. The van der Waals surface area contributed by atoms with E-state index in [9.17, 15) is 14.4 Å². The fraction of sp³-hybridized carbons (Fsp3) is 0.429. The van der Waals surface area contributed by atoms with Gasteiger partial charge in [0.15, 0.2) is 11.2 Å². The molecule has 0 amide bonds. The molecule has 0 fully saturated rings. The summed E-state index contributed by atoms with van der Waals surface area (Å²) in [4.78, 5) is 43.7. The second-order valence-corrected chi connectivity index (χ2v) is 7.03. The molecule has 0 radical (unpaired) electrons. The highest BCUT2D eigenvalue weighted by molar-refractivity contribution is 5.73. The number of hydrogen-bond donors (Lipinski definition) is 1. The number of rotatable bonds is 8. The molecule has 0 unspecified atom stereocenters. The molecule has 0 aliphatic heterocycles. The number of carbonyl (C=O) groups excluding carboxylic acids is 1. The molecule has 0 aliphatic rings. The molecule has 3 aromatic rings. The summed E-state index contributed by atoms with van der Waals surface area (Å²) < 4.78 is 8.57. The second kappa shape index (κ2) is 8.89. The second-order valence-electron chi connectivity index (χ2n) is 7.03. The first kappa shape index (κ1) is 20.6. The summed E-state index contributed by atoms with van der Waals surface area (Å²) in [6.07, 6.45) is 1.86. The zero-order chi connectivity index (χ0) is 21.0. The Morgan fingerprint density at radius 1 is 1.14 bits per heavy atom. The maximum absolute atomic E-state index is 12.4. The van der Waals surface area contributed by atoms with Gasteiger partial charge in [0, 0.05) is 13.1 Å². The van der Waals surface area contributed by atoms with Gasteiger partial charge < -0.3 is 9.30 Å². The van der Waals surface area contributed by atoms with E-state index in [1.54, 1.807) is 4.57 Å². The molecule has 0 aliphatic carbocycles. The molecule has 2 aromatic heterocycles. The molecule has 1 N–H and O–H groups in total. The van der Waals surface area contributed by atoms with Crippen molar-refractivity contribution in [3.63, 3.8) is 0 Å². The third kappa shape index (κ3) is 4.47. The standard InChI is InChI=1S/C21H26N4O4/c1-4-6-11-25-19-18(20(27)23-21(25)28)24(5-2)16(22-19)13-29-17(26)12-15-9-7-14(3)8-10-15/h7-10H,4-6,11-13H2,1-3H3,(H,23,27,28). The number of ether oxygens (including phenoxy) is 1. The van der Waals surface area contributed by atoms with Crippen LogP contribution >= 0.6 is 0 Å². The van der Waals surface area contributed by atoms with E-state index in [2.05, 4.69) is 9.97 Å². The van der Waals surface area contributed by atoms with E-state index >= 15 is 0 Å². The monoisotopic (exact) mass is 398 g/mol. The number of aryl methyl sites for hydroxylation is 3. The van der Waals surface area contributed by atoms with E-state index in [4.69, 9.17) is 4.74 Å². The number of unbranched alkanes of at least 4 members (excludes halogenated alkanes) is 1. The van der Waals surface area contributed by atoms with Crippen LogP contribution in [-0.2, 0) is 35.6 Å². The summed E-state index contributed by atoms with van der Waals surface area (Å²) in [6.45, 7) is 6.76. The minimum Gasteiger partial charge on any atom is -0.457 e. The van der Waals surface area contributed by atoms with Gasteiger partial charge in [-0.1, -0.05) is 43.2 Å². The summed E-state index contributed by atoms with van der Waals surface area (Å²) in [7, 11) is 0. The van der Waals surface area contributed by atoms with E-state index in [1.807, 2.05) is 45.0 Å². The molecule has 0 bridgehead atoms. The quantitative estimate of drug-likeness (QED) is 0.587. The van der Waals surface area contributed by atoms with Crippen LogP contribution in [0.25, 0.3) is 11.2 Å². The Kier molecular flexibility index (Phi) is 6.31. The number of imidazole rings is 1. The smallest absolute Gasteiger partial charge is 0.330 e. The number of carbonyl (C=O) groups is 1. The Labute approximate surface area is 168 Å². The lowest BCUT2D eigenvalue weighted by Gasteiger charge is -2.07. The van der Waals surface area contributed by atoms with Crippen LogP contribution in [0.15, 0.2) is 33.9 Å². The summed E-state index contributed by atoms with van der Waals surface area (Å²) in [5.74, 6) is 0.0712. The molecule has 0 saturated heterocycles. The summed E-state index contributed by atoms with van der Waals surface area (Å²) in [5, 5.41) is 0. The number of aromatic amines is 1. The third-order valence-electron chi connectivity index (χ3n) is 4.85. The predicted molar refractivity (Wildman–Crippen MR) is 110 cm³/mol. The van der Waals surface area contributed by atoms with Gasteiger partial charge in [-0.2, -0.15) is 0 Å². The van der Waals surface area contributed by atoms with Crippen LogP contribution in [0.2, 0.25) is 0 Å². The number of benzene rings is 1. The Morgan fingerprint density at radius 3 is 2.52 bits per heavy atom. The number of nitrogens with zero attached hydrogens (tertiary/aromatic N) is 3. The third-order valence-corrected chi connectivity index (χ3v) is 4.85. The average molecular weight is 398 g/mol. The van der Waals surface area contributed by atoms with Gasteiger partial charge in [0.25, 0.3) is 5.56 Å². The Balaban J connectivity index is 1.86. The molecule has 1 aromatic carbocycles. The first-order valence-electron chi connectivity index (χ1n) is 9.88. The molecule has 0 atom stereocenters. The number of fused-ring (bicyclic) bond motifs is 1. The zero-order valence-electron chi connectivity index (χ0n) is 17.0. The van der Waals surface area contributed by atoms with E-state index in [0.717, 1.165) is 24.0 Å². The topological polar surface area (TPSA) is 99.0 Å². The minimum atomic E-state index is -0.482. The van der Waals surface area contributed by atoms with Crippen molar-refractivity contribution in [3.8, 4) is 0 Å². The van der Waals surface area contributed by atoms with Gasteiger partial charge in [-0.3, -0.25) is 19.1 Å². The zero-order valence-corrected chi connectivity index (χ0v) is 17.0. The lowest BCUT2D eigenvalue weighted by atomic mass is 10.1. The number of esters is 1. The average Bonchev–Trinajstić information content (AvgIpc) is 3.07. The first-order chi connectivity index (χ1) is 13.9. The van der Waals surface area contributed by atoms with Gasteiger partial charge in [0.05, 0.1) is 6.42 Å². The van der Waals surface area contributed by atoms with Crippen molar-refractivity contribution in [1.82, 2.24) is 19.1 Å². The Hall–Kier alpha value is -3.16. The fourth-order valence-electron chi connectivity index (χ4n) is 3.26. The first-order valence-corrected chi connectivity index (χ1v) is 9.88. The summed E-state index contributed by atoms with van der Waals surface area (Å²) in [5.41, 5.74) is 1.70. The highest BCUT2D eigenvalue weighted by Gasteiger charge is 2.18. The normalized spacial score (nSPS) is 11.1. The van der Waals surface area contributed by atoms with Crippen LogP contribution in [-0.4, -0.2) is 25.1 Å². The van der Waals surface area contributed by atoms with Crippen LogP contribution in [0.3, 0.4) is 0 Å². The van der Waals surface area contributed by atoms with Crippen molar-refractivity contribution in [2.75, 3.05) is 0 Å². The van der Waals surface area contributed by atoms with Gasteiger partial charge >= 0.3 is 11.7 Å². The van der Waals surface area contributed by atoms with Gasteiger partial charge in [-0.15, -0.1) is 0 Å². The predicted octanol–water partition coefficient (Wildman–Crippen LogP) is 2.30. The number of nitrogens with one attached hydrogen (secondary N) is 1. The summed E-state index contributed by atoms with van der Waals surface area (Å²) in [6, 6.07) is 7.68. The maximum Gasteiger partial charge on any atom is 0.330 e. The van der Waals surface area contributed by atoms with E-state index < -0.39 is 11.2 Å². The molecule has 0 saturated carbocycles. The van der Waals surface area contributed by atoms with E-state index in [1.165, 1.54) is 4.57 Å². The van der Waals surface area contributed by atoms with Gasteiger partial charge in [-0.25, -0.2) is 9.78 Å². The Bertz CT molecular complexity index is 1120. The molecule has 0 spiro atoms. The molecule has 154 valence electrons. The Morgan fingerprint density at radius 2 is 1.86 bits per heavy atom. The molecular weight excluding hydrogens is 372 g/mol. The molecule has 8 heteroatoms. The van der Waals surface area contributed by atoms with Crippen molar-refractivity contribution < 1.29 is 9.53 Å². The van der Waals surface area contributed by atoms with Crippen LogP contribution in [0.1, 0.15) is 43.6 Å². The number of H-pyrrole nitrogens is 1. The summed E-state index contributed by atoms with van der Waals surface area (Å²) >= 11 is 0. The number of hydrogen-bond acceptors (Lipinski definition) is 5. The number of aromatic nitrogens is 4. The molecule has 2 heterocycles. The fourth-order valence-corrected chi connectivity index (χ4v) is 3.26. The maximum atomic E-state index is 12.4. The highest BCUT2D eigenvalue weighted by atomic mass is 16.5. The largest absolute Gasteiger partial charge is 0.457 e. The van der Waals surface area contributed by atoms with Crippen molar-refractivity contribution in [2.24, 2.45) is 0 Å². The lowest BCUT2D eigenvalue weighted by molar-refractivity contribution is -0.144. The lowest BCUT2D eigenvalue weighted by Crippen LogP contribution is -2.31. The van der Waals surface area contributed by atoms with Crippen molar-refractivity contribution in [1.29, 1.82) is 0 Å². The van der Waals surface area contributed by atoms with Gasteiger partial charge in [0.1, 0.15) is 12.4 Å². The van der Waals surface area contributed by atoms with Crippen molar-refractivity contribution in [3.05, 3.63) is 62.1 Å². The molecular formula is C21H26N4O4. The van der Waals surface area contributed by atoms with Gasteiger partial charge in [-0.05, 0) is 25.8 Å². The molecule has 8 nitrogen and oxygen atoms in total. The SMILES string of the molecule is CCCCn1c(=O)[nH]c(=O)c2c1nc(COC(=O)Cc1ccc(C)cc1)n2CC. The van der Waals surface area contributed by atoms with Crippen LogP contribution < -0.4 is 11.2 Å².